The first kappa shape index (κ1) is 17.4. The molecule has 1 fully saturated rings. The molecule has 2 heterocycles. The highest BCUT2D eigenvalue weighted by molar-refractivity contribution is 7.91. The molecular weight excluding hydrogens is 326 g/mol. The number of aliphatic hydroxyl groups is 1. The summed E-state index contributed by atoms with van der Waals surface area (Å²) in [5.74, 6) is -0.158. The van der Waals surface area contributed by atoms with Crippen molar-refractivity contribution in [2.24, 2.45) is 5.14 Å². The van der Waals surface area contributed by atoms with Crippen molar-refractivity contribution in [2.75, 3.05) is 32.7 Å². The van der Waals surface area contributed by atoms with Gasteiger partial charge < -0.3 is 10.0 Å². The predicted octanol–water partition coefficient (Wildman–Crippen LogP) is -0.157. The van der Waals surface area contributed by atoms with Crippen LogP contribution in [0.3, 0.4) is 0 Å². The van der Waals surface area contributed by atoms with Crippen LogP contribution in [-0.4, -0.2) is 68.1 Å². The molecule has 1 aliphatic rings. The van der Waals surface area contributed by atoms with E-state index in [1.54, 1.807) is 18.7 Å². The first-order valence-electron chi connectivity index (χ1n) is 7.01. The lowest BCUT2D eigenvalue weighted by atomic mass is 10.2. The second-order valence-electron chi connectivity index (χ2n) is 5.56. The molecule has 0 spiro atoms. The number of hydrogen-bond acceptors (Lipinski definition) is 6. The summed E-state index contributed by atoms with van der Waals surface area (Å²) in [5.41, 5.74) is 0.630. The van der Waals surface area contributed by atoms with E-state index in [4.69, 9.17) is 5.14 Å². The van der Waals surface area contributed by atoms with Crippen LogP contribution in [0.1, 0.15) is 22.2 Å². The SMILES string of the molecule is Cc1cc(S(N)(=O)=O)sc1C(=O)N1CCN(CC(C)O)CC1. The molecule has 1 aromatic heterocycles. The van der Waals surface area contributed by atoms with Gasteiger partial charge in [-0.05, 0) is 25.5 Å². The Morgan fingerprint density at radius 3 is 2.45 bits per heavy atom. The highest BCUT2D eigenvalue weighted by Gasteiger charge is 2.26. The minimum Gasteiger partial charge on any atom is -0.392 e. The van der Waals surface area contributed by atoms with Gasteiger partial charge in [0, 0.05) is 32.7 Å². The summed E-state index contributed by atoms with van der Waals surface area (Å²) in [5, 5.41) is 14.5. The fourth-order valence-corrected chi connectivity index (χ4v) is 4.39. The number of sulfonamides is 1. The van der Waals surface area contributed by atoms with Crippen LogP contribution < -0.4 is 5.14 Å². The Kier molecular flexibility index (Phi) is 5.23. The van der Waals surface area contributed by atoms with Gasteiger partial charge in [0.1, 0.15) is 4.21 Å². The van der Waals surface area contributed by atoms with Gasteiger partial charge in [0.25, 0.3) is 5.91 Å². The average Bonchev–Trinajstić information content (AvgIpc) is 2.80. The molecule has 1 amide bonds. The van der Waals surface area contributed by atoms with Crippen molar-refractivity contribution in [1.29, 1.82) is 0 Å². The molecule has 0 aromatic carbocycles. The van der Waals surface area contributed by atoms with E-state index in [1.165, 1.54) is 6.07 Å². The summed E-state index contributed by atoms with van der Waals surface area (Å²) in [6, 6.07) is 1.44. The molecule has 3 N–H and O–H groups in total. The summed E-state index contributed by atoms with van der Waals surface area (Å²) in [6.45, 7) is 6.56. The molecule has 1 aliphatic heterocycles. The molecule has 0 bridgehead atoms. The molecule has 124 valence electrons. The summed E-state index contributed by atoms with van der Waals surface area (Å²) in [7, 11) is -3.78. The van der Waals surface area contributed by atoms with Gasteiger partial charge in [-0.2, -0.15) is 0 Å². The van der Waals surface area contributed by atoms with Crippen molar-refractivity contribution in [3.05, 3.63) is 16.5 Å². The van der Waals surface area contributed by atoms with Gasteiger partial charge in [0.15, 0.2) is 0 Å². The molecule has 1 unspecified atom stereocenters. The molecule has 1 aromatic rings. The third-order valence-corrected chi connectivity index (χ3v) is 6.20. The zero-order valence-corrected chi connectivity index (χ0v) is 14.3. The lowest BCUT2D eigenvalue weighted by molar-refractivity contribution is 0.0557. The maximum absolute atomic E-state index is 12.5. The third-order valence-electron chi connectivity index (χ3n) is 3.55. The van der Waals surface area contributed by atoms with Gasteiger partial charge in [-0.3, -0.25) is 9.69 Å². The first-order chi connectivity index (χ1) is 10.2. The van der Waals surface area contributed by atoms with Crippen LogP contribution >= 0.6 is 11.3 Å². The Labute approximate surface area is 134 Å². The van der Waals surface area contributed by atoms with Gasteiger partial charge in [0.2, 0.25) is 10.0 Å². The molecule has 2 rings (SSSR count). The van der Waals surface area contributed by atoms with Crippen molar-refractivity contribution >= 4 is 27.3 Å². The van der Waals surface area contributed by atoms with E-state index in [9.17, 15) is 18.3 Å². The number of β-amino-alcohol motifs (C(OH)–C–C–N with tert-alkyl or cyclic N) is 1. The molecule has 0 saturated carbocycles. The minimum absolute atomic E-state index is 0.0149. The van der Waals surface area contributed by atoms with Gasteiger partial charge in [0.05, 0.1) is 11.0 Å². The Hall–Kier alpha value is -1.00. The maximum atomic E-state index is 12.5. The number of aliphatic hydroxyl groups excluding tert-OH is 1. The minimum atomic E-state index is -3.78. The van der Waals surface area contributed by atoms with Crippen molar-refractivity contribution in [2.45, 2.75) is 24.2 Å². The van der Waals surface area contributed by atoms with Gasteiger partial charge in [-0.15, -0.1) is 11.3 Å². The zero-order chi connectivity index (χ0) is 16.5. The standard InChI is InChI=1S/C13H21N3O4S2/c1-9-7-11(22(14,19)20)21-12(9)13(18)16-5-3-15(4-6-16)8-10(2)17/h7,10,17H,3-6,8H2,1-2H3,(H2,14,19,20). The second kappa shape index (κ2) is 6.63. The Morgan fingerprint density at radius 2 is 2.00 bits per heavy atom. The summed E-state index contributed by atoms with van der Waals surface area (Å²) in [4.78, 5) is 16.8. The molecule has 7 nitrogen and oxygen atoms in total. The van der Waals surface area contributed by atoms with Crippen LogP contribution in [0.5, 0.6) is 0 Å². The number of primary sulfonamides is 1. The van der Waals surface area contributed by atoms with E-state index in [2.05, 4.69) is 4.90 Å². The molecule has 0 radical (unpaired) electrons. The summed E-state index contributed by atoms with van der Waals surface area (Å²) >= 11 is 0.922. The molecule has 1 saturated heterocycles. The molecule has 9 heteroatoms. The van der Waals surface area contributed by atoms with Crippen LogP contribution in [0.25, 0.3) is 0 Å². The van der Waals surface area contributed by atoms with Crippen LogP contribution in [0.15, 0.2) is 10.3 Å². The number of nitrogens with two attached hydrogens (primary N) is 1. The van der Waals surface area contributed by atoms with E-state index in [0.717, 1.165) is 11.3 Å². The maximum Gasteiger partial charge on any atom is 0.264 e. The second-order valence-corrected chi connectivity index (χ2v) is 8.40. The van der Waals surface area contributed by atoms with Crippen LogP contribution in [-0.2, 0) is 10.0 Å². The topological polar surface area (TPSA) is 104 Å². The average molecular weight is 347 g/mol. The highest BCUT2D eigenvalue weighted by atomic mass is 32.2. The molecular formula is C13H21N3O4S2. The normalized spacial score (nSPS) is 18.5. The van der Waals surface area contributed by atoms with Gasteiger partial charge in [-0.25, -0.2) is 13.6 Å². The van der Waals surface area contributed by atoms with Crippen molar-refractivity contribution < 1.29 is 18.3 Å². The fraction of sp³-hybridized carbons (Fsp3) is 0.615. The van der Waals surface area contributed by atoms with Crippen molar-refractivity contribution in [3.8, 4) is 0 Å². The molecule has 22 heavy (non-hydrogen) atoms. The number of piperazine rings is 1. The molecule has 1 atom stereocenters. The monoisotopic (exact) mass is 347 g/mol. The quantitative estimate of drug-likeness (QED) is 0.788. The number of thiophene rings is 1. The van der Waals surface area contributed by atoms with Gasteiger partial charge in [-0.1, -0.05) is 0 Å². The van der Waals surface area contributed by atoms with E-state index in [0.29, 0.717) is 43.2 Å². The van der Waals surface area contributed by atoms with E-state index in [1.807, 2.05) is 0 Å². The zero-order valence-electron chi connectivity index (χ0n) is 12.7. The Bertz CT molecular complexity index is 646. The van der Waals surface area contributed by atoms with Crippen LogP contribution in [0.4, 0.5) is 0 Å². The molecule has 0 aliphatic carbocycles. The summed E-state index contributed by atoms with van der Waals surface area (Å²) in [6.07, 6.45) is -0.390. The lowest BCUT2D eigenvalue weighted by Gasteiger charge is -2.35. The van der Waals surface area contributed by atoms with E-state index in [-0.39, 0.29) is 16.2 Å². The number of carbonyl (C=O) groups is 1. The lowest BCUT2D eigenvalue weighted by Crippen LogP contribution is -2.50. The Balaban J connectivity index is 2.06. The third kappa shape index (κ3) is 4.05. The fourth-order valence-electron chi connectivity index (χ4n) is 2.46. The van der Waals surface area contributed by atoms with Gasteiger partial charge >= 0.3 is 0 Å². The highest BCUT2D eigenvalue weighted by Crippen LogP contribution is 2.26. The number of amides is 1. The van der Waals surface area contributed by atoms with Crippen molar-refractivity contribution in [1.82, 2.24) is 9.80 Å². The van der Waals surface area contributed by atoms with Crippen LogP contribution in [0.2, 0.25) is 0 Å². The Morgan fingerprint density at radius 1 is 1.41 bits per heavy atom. The first-order valence-corrected chi connectivity index (χ1v) is 9.37. The van der Waals surface area contributed by atoms with Crippen molar-refractivity contribution in [3.63, 3.8) is 0 Å². The smallest absolute Gasteiger partial charge is 0.264 e. The largest absolute Gasteiger partial charge is 0.392 e. The number of nitrogens with zero attached hydrogens (tertiary/aromatic N) is 2. The number of hydrogen-bond donors (Lipinski definition) is 2. The number of rotatable bonds is 4. The van der Waals surface area contributed by atoms with E-state index >= 15 is 0 Å². The predicted molar refractivity (Wildman–Crippen MR) is 84.5 cm³/mol. The summed E-state index contributed by atoms with van der Waals surface area (Å²) < 4.78 is 22.8. The number of aryl methyl sites for hydroxylation is 1. The van der Waals surface area contributed by atoms with Crippen LogP contribution in [0, 0.1) is 6.92 Å². The number of carbonyl (C=O) groups excluding carboxylic acids is 1. The van der Waals surface area contributed by atoms with E-state index < -0.39 is 10.0 Å².